The van der Waals surface area contributed by atoms with E-state index in [0.717, 1.165) is 20.8 Å². The van der Waals surface area contributed by atoms with E-state index in [9.17, 15) is 39.9 Å². The first-order chi connectivity index (χ1) is 20.2. The fraction of sp³-hybridized carbons (Fsp3) is 0.875. The van der Waals surface area contributed by atoms with E-state index < -0.39 is 130 Å². The van der Waals surface area contributed by atoms with Gasteiger partial charge in [-0.1, -0.05) is 0 Å². The van der Waals surface area contributed by atoms with Crippen molar-refractivity contribution in [1.82, 2.24) is 0 Å². The lowest BCUT2D eigenvalue weighted by Gasteiger charge is -2.49. The van der Waals surface area contributed by atoms with Crippen molar-refractivity contribution < 1.29 is 77.8 Å². The zero-order valence-electron chi connectivity index (χ0n) is 23.7. The third-order valence-corrected chi connectivity index (χ3v) is 7.15. The molecule has 0 aromatic rings. The molecule has 19 heteroatoms. The van der Waals surface area contributed by atoms with Gasteiger partial charge < -0.3 is 80.6 Å². The summed E-state index contributed by atoms with van der Waals surface area (Å²) in [7, 11) is 0. The second-order valence-corrected chi connectivity index (χ2v) is 10.3. The molecule has 0 saturated carbocycles. The van der Waals surface area contributed by atoms with Gasteiger partial charge in [-0.3, -0.25) is 14.4 Å². The van der Waals surface area contributed by atoms with Gasteiger partial charge in [-0.2, -0.15) is 0 Å². The molecule has 19 nitrogen and oxygen atoms in total. The summed E-state index contributed by atoms with van der Waals surface area (Å²) in [5.41, 5.74) is 18.5. The summed E-state index contributed by atoms with van der Waals surface area (Å²) in [5.74, 6) is -2.38. The van der Waals surface area contributed by atoms with E-state index in [1.165, 1.54) is 0 Å². The number of aliphatic hydroxyl groups is 5. The van der Waals surface area contributed by atoms with Crippen molar-refractivity contribution in [2.24, 2.45) is 17.2 Å². The maximum Gasteiger partial charge on any atom is 0.303 e. The lowest BCUT2D eigenvalue weighted by molar-refractivity contribution is -0.349. The van der Waals surface area contributed by atoms with Gasteiger partial charge in [0.2, 0.25) is 0 Å². The van der Waals surface area contributed by atoms with Crippen LogP contribution in [-0.4, -0.2) is 155 Å². The van der Waals surface area contributed by atoms with Gasteiger partial charge in [0.1, 0.15) is 36.6 Å². The van der Waals surface area contributed by atoms with E-state index in [4.69, 9.17) is 55.1 Å². The van der Waals surface area contributed by atoms with Crippen molar-refractivity contribution in [1.29, 1.82) is 0 Å². The average molecular weight is 628 g/mol. The van der Waals surface area contributed by atoms with E-state index >= 15 is 0 Å². The molecule has 0 aliphatic carbocycles. The fourth-order valence-corrected chi connectivity index (χ4v) is 5.15. The van der Waals surface area contributed by atoms with Crippen molar-refractivity contribution in [2.75, 3.05) is 19.8 Å². The number of carbonyl (C=O) groups is 3. The Bertz CT molecular complexity index is 962. The molecule has 43 heavy (non-hydrogen) atoms. The van der Waals surface area contributed by atoms with E-state index in [1.54, 1.807) is 0 Å². The van der Waals surface area contributed by atoms with Gasteiger partial charge in [0, 0.05) is 20.8 Å². The molecule has 0 spiro atoms. The minimum absolute atomic E-state index is 0.713. The third-order valence-electron chi connectivity index (χ3n) is 7.15. The average Bonchev–Trinajstić information content (AvgIpc) is 2.94. The van der Waals surface area contributed by atoms with Crippen LogP contribution in [0.4, 0.5) is 0 Å². The Hall–Kier alpha value is -2.11. The summed E-state index contributed by atoms with van der Waals surface area (Å²) < 4.78 is 44.4. The van der Waals surface area contributed by atoms with Gasteiger partial charge in [-0.15, -0.1) is 0 Å². The monoisotopic (exact) mass is 627 g/mol. The Morgan fingerprint density at radius 3 is 1.40 bits per heavy atom. The summed E-state index contributed by atoms with van der Waals surface area (Å²) in [6.07, 6.45) is -17.0. The van der Waals surface area contributed by atoms with Gasteiger partial charge in [-0.25, -0.2) is 0 Å². The predicted molar refractivity (Wildman–Crippen MR) is 136 cm³/mol. The molecule has 0 radical (unpaired) electrons. The van der Waals surface area contributed by atoms with Gasteiger partial charge in [-0.05, 0) is 0 Å². The quantitative estimate of drug-likeness (QED) is 0.0825. The number of rotatable bonds is 10. The minimum atomic E-state index is -1.63. The molecule has 0 bridgehead atoms. The van der Waals surface area contributed by atoms with Crippen molar-refractivity contribution in [3.05, 3.63) is 0 Å². The number of hydrogen-bond donors (Lipinski definition) is 8. The highest BCUT2D eigenvalue weighted by atomic mass is 16.7. The Morgan fingerprint density at radius 1 is 0.581 bits per heavy atom. The lowest BCUT2D eigenvalue weighted by atomic mass is 9.94. The molecule has 0 unspecified atom stereocenters. The maximum atomic E-state index is 12.1. The van der Waals surface area contributed by atoms with Crippen LogP contribution in [-0.2, 0) is 52.3 Å². The first-order valence-corrected chi connectivity index (χ1v) is 13.5. The summed E-state index contributed by atoms with van der Waals surface area (Å²) >= 11 is 0. The molecule has 3 rings (SSSR count). The third kappa shape index (κ3) is 8.14. The zero-order chi connectivity index (χ0) is 32.2. The van der Waals surface area contributed by atoms with E-state index in [-0.39, 0.29) is 0 Å². The highest BCUT2D eigenvalue weighted by Crippen LogP contribution is 2.33. The lowest BCUT2D eigenvalue weighted by Crippen LogP contribution is -2.70. The summed E-state index contributed by atoms with van der Waals surface area (Å²) in [4.78, 5) is 35.5. The van der Waals surface area contributed by atoms with Gasteiger partial charge in [0.05, 0.1) is 37.9 Å². The Kier molecular flexibility index (Phi) is 12.5. The van der Waals surface area contributed by atoms with Crippen LogP contribution < -0.4 is 17.2 Å². The number of ether oxygens (including phenoxy) is 8. The van der Waals surface area contributed by atoms with Crippen LogP contribution in [0.5, 0.6) is 0 Å². The zero-order valence-corrected chi connectivity index (χ0v) is 23.7. The van der Waals surface area contributed by atoms with Gasteiger partial charge in [0.25, 0.3) is 0 Å². The number of nitrogens with two attached hydrogens (primary N) is 3. The highest BCUT2D eigenvalue weighted by molar-refractivity contribution is 5.67. The smallest absolute Gasteiger partial charge is 0.303 e. The van der Waals surface area contributed by atoms with Crippen LogP contribution in [0.3, 0.4) is 0 Å². The van der Waals surface area contributed by atoms with Crippen LogP contribution in [0, 0.1) is 0 Å². The molecule has 3 aliphatic heterocycles. The fourth-order valence-electron chi connectivity index (χ4n) is 5.15. The van der Waals surface area contributed by atoms with Crippen LogP contribution in [0.2, 0.25) is 0 Å². The van der Waals surface area contributed by atoms with Crippen molar-refractivity contribution in [3.8, 4) is 0 Å². The van der Waals surface area contributed by atoms with Crippen LogP contribution in [0.15, 0.2) is 0 Å². The predicted octanol–water partition coefficient (Wildman–Crippen LogP) is -5.96. The van der Waals surface area contributed by atoms with Crippen molar-refractivity contribution >= 4 is 17.9 Å². The number of carbonyl (C=O) groups excluding carboxylic acids is 3. The van der Waals surface area contributed by atoms with Gasteiger partial charge >= 0.3 is 17.9 Å². The first-order valence-electron chi connectivity index (χ1n) is 13.5. The molecule has 0 amide bonds. The van der Waals surface area contributed by atoms with Crippen LogP contribution in [0.25, 0.3) is 0 Å². The minimum Gasteiger partial charge on any atom is -0.458 e. The molecule has 3 fully saturated rings. The van der Waals surface area contributed by atoms with E-state index in [0.29, 0.717) is 0 Å². The SMILES string of the molecule is CC(=O)O[C@@H]1[C@@H](N)[C@H](O[C@H]2[C@H](OC(C)=O)[C@@H](N)[C@H](O[C@H]3[C@H](OC(C)=O)[C@@H](N)[C@H](O)O[C@@H]3CO)O[C@@H]2CO)O[C@H](CO)[C@H]1O. The van der Waals surface area contributed by atoms with E-state index in [1.807, 2.05) is 0 Å². The second kappa shape index (κ2) is 15.3. The normalized spacial score (nSPS) is 43.5. The molecule has 15 atom stereocenters. The van der Waals surface area contributed by atoms with E-state index in [2.05, 4.69) is 0 Å². The number of esters is 3. The molecule has 11 N–H and O–H groups in total. The summed E-state index contributed by atoms with van der Waals surface area (Å²) in [6, 6.07) is -4.03. The van der Waals surface area contributed by atoms with Crippen LogP contribution >= 0.6 is 0 Å². The molecule has 248 valence electrons. The molecule has 0 aromatic carbocycles. The molecule has 3 saturated heterocycles. The molecule has 3 heterocycles. The topological polar surface area (TPSA) is 304 Å². The first kappa shape index (κ1) is 35.4. The largest absolute Gasteiger partial charge is 0.458 e. The Morgan fingerprint density at radius 2 is 0.953 bits per heavy atom. The highest BCUT2D eigenvalue weighted by Gasteiger charge is 2.55. The number of aliphatic hydroxyl groups excluding tert-OH is 5. The van der Waals surface area contributed by atoms with Gasteiger partial charge in [0.15, 0.2) is 37.2 Å². The van der Waals surface area contributed by atoms with Crippen molar-refractivity contribution in [2.45, 2.75) is 113 Å². The molecule has 3 aliphatic rings. The summed E-state index contributed by atoms with van der Waals surface area (Å²) in [5, 5.41) is 50.4. The summed E-state index contributed by atoms with van der Waals surface area (Å²) in [6.45, 7) is 1.06. The molecule has 0 aromatic heterocycles. The molecular weight excluding hydrogens is 586 g/mol. The van der Waals surface area contributed by atoms with Crippen LogP contribution in [0.1, 0.15) is 20.8 Å². The van der Waals surface area contributed by atoms with Crippen molar-refractivity contribution in [3.63, 3.8) is 0 Å². The maximum absolute atomic E-state index is 12.1. The molecular formula is C24H41N3O16. The standard InChI is InChI=1S/C24H41N3O16/c1-7(31)36-19-14(26)23(40-10(4-28)16(19)34)43-18-12(6-30)41-24(15(27)21(18)38-9(3)33)42-17-11(5-29)39-22(35)13(25)20(17)37-8(2)32/h10-24,28-30,34-35H,4-6,25-27H2,1-3H3/t10-,11-,12-,13-,14-,15-,16-,17-,18-,19-,20-,21-,22-,23+,24+/m1/s1. The Labute approximate surface area is 245 Å². The number of hydrogen-bond acceptors (Lipinski definition) is 19. The Balaban J connectivity index is 1.90. The second-order valence-electron chi connectivity index (χ2n) is 10.3.